The topological polar surface area (TPSA) is 189 Å². The molecule has 2 aromatic rings. The molecule has 2 unspecified atom stereocenters. The van der Waals surface area contributed by atoms with Gasteiger partial charge in [0.25, 0.3) is 5.91 Å². The number of nitrogens with zero attached hydrogens (tertiary/aromatic N) is 1. The average molecular weight is 781 g/mol. The normalized spacial score (nSPS) is 19.4. The Kier molecular flexibility index (Phi) is 16.2. The highest BCUT2D eigenvalue weighted by atomic mass is 35.5. The summed E-state index contributed by atoms with van der Waals surface area (Å²) in [5.74, 6) is -3.78. The first-order chi connectivity index (χ1) is 26.1. The van der Waals surface area contributed by atoms with E-state index in [1.54, 1.807) is 18.2 Å². The van der Waals surface area contributed by atoms with E-state index in [9.17, 15) is 28.8 Å². The average Bonchev–Trinajstić information content (AvgIpc) is 3.53. The molecule has 2 aromatic carbocycles. The van der Waals surface area contributed by atoms with Crippen molar-refractivity contribution in [2.45, 2.75) is 121 Å². The lowest BCUT2D eigenvalue weighted by atomic mass is 9.83. The molecule has 1 heterocycles. The molecule has 0 radical (unpaired) electrons. The van der Waals surface area contributed by atoms with Crippen LogP contribution in [0.1, 0.15) is 96.2 Å². The van der Waals surface area contributed by atoms with Crippen molar-refractivity contribution in [1.82, 2.24) is 26.2 Å². The Morgan fingerprint density at radius 3 is 2.27 bits per heavy atom. The molecule has 6 N–H and O–H groups in total. The number of ether oxygens (including phenoxy) is 1. The number of Topliss-reactive ketones (excluding diaryl/α,β-unsaturated/α-hetero) is 1. The van der Waals surface area contributed by atoms with E-state index >= 15 is 0 Å². The van der Waals surface area contributed by atoms with Crippen LogP contribution in [0.2, 0.25) is 5.02 Å². The first-order valence-electron chi connectivity index (χ1n) is 19.3. The first-order valence-corrected chi connectivity index (χ1v) is 19.7. The summed E-state index contributed by atoms with van der Waals surface area (Å²) < 4.78 is 6.35. The predicted octanol–water partition coefficient (Wildman–Crippen LogP) is 3.52. The third-order valence-electron chi connectivity index (χ3n) is 10.0. The standard InChI is InChI=1S/C41H57ClN6O7/c1-5-13-31(37(51)40(54)44-23-35(50)47-36(38(43)52)28-18-12-19-29(42)21-28)46-39(53)33-22-30(55-41(2,3)4)24-48(33)25-32(27-16-10-7-11-17-27)45-34(49)20-26-14-8-6-9-15-26/h6,8-9,12,14-15,18-19,21,27,30-33,36H,5,7,10-11,13,16-17,20,22-25H2,1-4H3,(H2,43,52)(H,44,54)(H,45,49)(H,46,53)(H,47,50)/t30-,31?,32-,33+,36?/m1/s1. The molecular weight excluding hydrogens is 724 g/mol. The Bertz CT molecular complexity index is 1640. The zero-order valence-corrected chi connectivity index (χ0v) is 33.2. The van der Waals surface area contributed by atoms with Gasteiger partial charge >= 0.3 is 0 Å². The van der Waals surface area contributed by atoms with E-state index in [1.807, 2.05) is 62.9 Å². The maximum atomic E-state index is 14.1. The van der Waals surface area contributed by atoms with E-state index in [4.69, 9.17) is 22.1 Å². The van der Waals surface area contributed by atoms with Gasteiger partial charge in [-0.2, -0.15) is 0 Å². The number of rotatable bonds is 18. The molecule has 13 nitrogen and oxygen atoms in total. The molecule has 14 heteroatoms. The lowest BCUT2D eigenvalue weighted by molar-refractivity contribution is -0.141. The van der Waals surface area contributed by atoms with Crippen molar-refractivity contribution in [2.75, 3.05) is 19.6 Å². The fourth-order valence-corrected chi connectivity index (χ4v) is 7.71. The summed E-state index contributed by atoms with van der Waals surface area (Å²) in [7, 11) is 0. The molecule has 300 valence electrons. The van der Waals surface area contributed by atoms with Gasteiger partial charge in [0, 0.05) is 24.2 Å². The van der Waals surface area contributed by atoms with Crippen LogP contribution >= 0.6 is 11.6 Å². The Labute approximate surface area is 329 Å². The fourth-order valence-electron chi connectivity index (χ4n) is 7.51. The third kappa shape index (κ3) is 13.7. The summed E-state index contributed by atoms with van der Waals surface area (Å²) in [6.07, 6.45) is 6.29. The maximum Gasteiger partial charge on any atom is 0.290 e. The molecule has 1 aliphatic carbocycles. The van der Waals surface area contributed by atoms with Crippen LogP contribution in [0.15, 0.2) is 54.6 Å². The van der Waals surface area contributed by atoms with Crippen LogP contribution in [0.3, 0.4) is 0 Å². The van der Waals surface area contributed by atoms with Crippen LogP contribution in [0.5, 0.6) is 0 Å². The maximum absolute atomic E-state index is 14.1. The van der Waals surface area contributed by atoms with E-state index < -0.39 is 59.7 Å². The van der Waals surface area contributed by atoms with E-state index in [2.05, 4.69) is 21.3 Å². The smallest absolute Gasteiger partial charge is 0.290 e. The molecule has 0 bridgehead atoms. The first kappa shape index (κ1) is 43.4. The number of nitrogens with two attached hydrogens (primary N) is 1. The molecule has 5 atom stereocenters. The van der Waals surface area contributed by atoms with Gasteiger partial charge in [-0.1, -0.05) is 86.7 Å². The molecule has 0 spiro atoms. The predicted molar refractivity (Wildman–Crippen MR) is 210 cm³/mol. The second-order valence-corrected chi connectivity index (χ2v) is 16.1. The molecule has 2 fully saturated rings. The zero-order chi connectivity index (χ0) is 40.1. The van der Waals surface area contributed by atoms with Crippen molar-refractivity contribution in [2.24, 2.45) is 11.7 Å². The number of nitrogens with one attached hydrogen (secondary N) is 4. The van der Waals surface area contributed by atoms with Crippen LogP contribution in [-0.2, 0) is 39.9 Å². The van der Waals surface area contributed by atoms with Gasteiger partial charge in [0.05, 0.1) is 36.8 Å². The number of halogens is 1. The summed E-state index contributed by atoms with van der Waals surface area (Å²) in [5, 5.41) is 11.2. The molecule has 1 aliphatic heterocycles. The van der Waals surface area contributed by atoms with E-state index in [-0.39, 0.29) is 36.8 Å². The Hall–Kier alpha value is -4.33. The minimum atomic E-state index is -1.21. The minimum absolute atomic E-state index is 0.0765. The largest absolute Gasteiger partial charge is 0.371 e. The lowest BCUT2D eigenvalue weighted by Crippen LogP contribution is -2.55. The van der Waals surface area contributed by atoms with Crippen LogP contribution in [0, 0.1) is 5.92 Å². The quantitative estimate of drug-likeness (QED) is 0.142. The van der Waals surface area contributed by atoms with Crippen LogP contribution in [-0.4, -0.2) is 89.7 Å². The number of hydrogen-bond acceptors (Lipinski definition) is 8. The summed E-state index contributed by atoms with van der Waals surface area (Å²) in [4.78, 5) is 80.8. The second kappa shape index (κ2) is 20.5. The number of likely N-dealkylation sites (tertiary alicyclic amines) is 1. The molecule has 1 saturated heterocycles. The second-order valence-electron chi connectivity index (χ2n) is 15.6. The van der Waals surface area contributed by atoms with Gasteiger partial charge < -0.3 is 31.7 Å². The molecule has 2 aliphatic rings. The number of primary amides is 1. The highest BCUT2D eigenvalue weighted by molar-refractivity contribution is 6.38. The van der Waals surface area contributed by atoms with Crippen molar-refractivity contribution in [3.63, 3.8) is 0 Å². The number of benzene rings is 2. The van der Waals surface area contributed by atoms with Gasteiger partial charge in [-0.3, -0.25) is 33.7 Å². The number of ketones is 1. The highest BCUT2D eigenvalue weighted by Gasteiger charge is 2.42. The van der Waals surface area contributed by atoms with Gasteiger partial charge in [-0.25, -0.2) is 0 Å². The molecule has 55 heavy (non-hydrogen) atoms. The Morgan fingerprint density at radius 2 is 1.64 bits per heavy atom. The number of hydrogen-bond donors (Lipinski definition) is 5. The SMILES string of the molecule is CCCC(NC(=O)[C@@H]1C[C@@H](OC(C)(C)C)CN1C[C@@H](NC(=O)Cc1ccccc1)C1CCCCC1)C(=O)C(=O)NCC(=O)NC(C(N)=O)c1cccc(Cl)c1. The summed E-state index contributed by atoms with van der Waals surface area (Å²) in [6.45, 7) is 7.98. The van der Waals surface area contributed by atoms with E-state index in [0.29, 0.717) is 36.5 Å². The molecule has 5 amide bonds. The number of amides is 5. The zero-order valence-electron chi connectivity index (χ0n) is 32.4. The van der Waals surface area contributed by atoms with Crippen LogP contribution in [0.4, 0.5) is 0 Å². The minimum Gasteiger partial charge on any atom is -0.371 e. The molecule has 1 saturated carbocycles. The molecular formula is C41H57ClN6O7. The van der Waals surface area contributed by atoms with E-state index in [1.165, 1.54) is 6.07 Å². The lowest BCUT2D eigenvalue weighted by Gasteiger charge is -2.35. The number of carbonyl (C=O) groups is 6. The van der Waals surface area contributed by atoms with Crippen molar-refractivity contribution >= 4 is 46.9 Å². The Balaban J connectivity index is 1.44. The van der Waals surface area contributed by atoms with Crippen molar-refractivity contribution < 1.29 is 33.5 Å². The molecule has 0 aromatic heterocycles. The van der Waals surface area contributed by atoms with Crippen molar-refractivity contribution in [1.29, 1.82) is 0 Å². The van der Waals surface area contributed by atoms with Crippen molar-refractivity contribution in [3.8, 4) is 0 Å². The van der Waals surface area contributed by atoms with Gasteiger partial charge in [0.15, 0.2) is 0 Å². The summed E-state index contributed by atoms with van der Waals surface area (Å²) in [6, 6.07) is 12.6. The fraction of sp³-hybridized carbons (Fsp3) is 0.561. The van der Waals surface area contributed by atoms with Gasteiger partial charge in [0.2, 0.25) is 29.4 Å². The van der Waals surface area contributed by atoms with Gasteiger partial charge in [0.1, 0.15) is 6.04 Å². The molecule has 4 rings (SSSR count). The van der Waals surface area contributed by atoms with Crippen molar-refractivity contribution in [3.05, 3.63) is 70.7 Å². The number of carbonyl (C=O) groups excluding carboxylic acids is 6. The van der Waals surface area contributed by atoms with E-state index in [0.717, 1.165) is 37.7 Å². The van der Waals surface area contributed by atoms with Crippen LogP contribution in [0.25, 0.3) is 0 Å². The monoisotopic (exact) mass is 780 g/mol. The third-order valence-corrected chi connectivity index (χ3v) is 10.2. The van der Waals surface area contributed by atoms with Gasteiger partial charge in [-0.15, -0.1) is 0 Å². The summed E-state index contributed by atoms with van der Waals surface area (Å²) in [5.41, 5.74) is 6.31. The van der Waals surface area contributed by atoms with Crippen LogP contribution < -0.4 is 27.0 Å². The Morgan fingerprint density at radius 1 is 0.927 bits per heavy atom. The van der Waals surface area contributed by atoms with Gasteiger partial charge in [-0.05, 0) is 75.6 Å². The highest BCUT2D eigenvalue weighted by Crippen LogP contribution is 2.30. The summed E-state index contributed by atoms with van der Waals surface area (Å²) >= 11 is 6.02.